The van der Waals surface area contributed by atoms with Gasteiger partial charge in [0.05, 0.1) is 7.11 Å². The number of methoxy groups -OCH3 is 1. The average molecular weight is 324 g/mol. The Kier molecular flexibility index (Phi) is 5.46. The van der Waals surface area contributed by atoms with E-state index >= 15 is 0 Å². The quantitative estimate of drug-likeness (QED) is 0.827. The Morgan fingerprint density at radius 1 is 1.00 bits per heavy atom. The zero-order valence-corrected chi connectivity index (χ0v) is 12.3. The summed E-state index contributed by atoms with van der Waals surface area (Å²) in [6.45, 7) is 0.106. The molecule has 2 aromatic carbocycles. The number of ether oxygens (including phenoxy) is 1. The van der Waals surface area contributed by atoms with Crippen molar-refractivity contribution in [2.75, 3.05) is 12.4 Å². The van der Waals surface area contributed by atoms with Gasteiger partial charge >= 0.3 is 6.09 Å². The van der Waals surface area contributed by atoms with E-state index in [1.165, 1.54) is 7.11 Å². The van der Waals surface area contributed by atoms with E-state index in [1.807, 2.05) is 0 Å². The molecule has 0 heterocycles. The Morgan fingerprint density at radius 3 is 2.30 bits per heavy atom. The van der Waals surface area contributed by atoms with Gasteiger partial charge in [0, 0.05) is 24.3 Å². The lowest BCUT2D eigenvalue weighted by Gasteiger charge is -2.10. The van der Waals surface area contributed by atoms with Crippen molar-refractivity contribution in [3.05, 3.63) is 65.0 Å². The van der Waals surface area contributed by atoms with Gasteiger partial charge in [-0.2, -0.15) is 0 Å². The van der Waals surface area contributed by atoms with Crippen LogP contribution in [0.5, 0.6) is 0 Å². The summed E-state index contributed by atoms with van der Waals surface area (Å²) in [5.41, 5.74) is 1.07. The lowest BCUT2D eigenvalue weighted by Crippen LogP contribution is -2.22. The molecule has 0 saturated carbocycles. The smallest absolute Gasteiger partial charge is 0.407 e. The molecular weight excluding hydrogens is 309 g/mol. The maximum Gasteiger partial charge on any atom is 0.407 e. The number of hydrogen-bond acceptors (Lipinski definition) is 3. The number of rotatable bonds is 5. The fourth-order valence-corrected chi connectivity index (χ4v) is 1.91. The SMILES string of the molecule is COC(=O)NCc1ccc(NCc2c(F)ccc(F)c2F)cc1. The molecule has 0 aliphatic heterocycles. The molecule has 122 valence electrons. The second-order valence-electron chi connectivity index (χ2n) is 4.72. The molecule has 0 radical (unpaired) electrons. The molecule has 0 unspecified atom stereocenters. The summed E-state index contributed by atoms with van der Waals surface area (Å²) < 4.78 is 44.6. The van der Waals surface area contributed by atoms with E-state index in [0.717, 1.165) is 17.7 Å². The molecule has 4 nitrogen and oxygen atoms in total. The van der Waals surface area contributed by atoms with Gasteiger partial charge in [-0.25, -0.2) is 18.0 Å². The molecule has 0 spiro atoms. The number of carbonyl (C=O) groups is 1. The van der Waals surface area contributed by atoms with E-state index in [1.54, 1.807) is 24.3 Å². The minimum Gasteiger partial charge on any atom is -0.453 e. The van der Waals surface area contributed by atoms with Gasteiger partial charge < -0.3 is 15.4 Å². The van der Waals surface area contributed by atoms with Crippen LogP contribution in [0.2, 0.25) is 0 Å². The highest BCUT2D eigenvalue weighted by molar-refractivity contribution is 5.66. The summed E-state index contributed by atoms with van der Waals surface area (Å²) in [6, 6.07) is 8.47. The summed E-state index contributed by atoms with van der Waals surface area (Å²) >= 11 is 0. The zero-order chi connectivity index (χ0) is 16.8. The fraction of sp³-hybridized carbons (Fsp3) is 0.188. The monoisotopic (exact) mass is 324 g/mol. The average Bonchev–Trinajstić information content (AvgIpc) is 2.57. The minimum absolute atomic E-state index is 0.185. The Hall–Kier alpha value is -2.70. The third-order valence-corrected chi connectivity index (χ3v) is 3.18. The summed E-state index contributed by atoms with van der Waals surface area (Å²) in [5, 5.41) is 5.34. The molecule has 2 rings (SSSR count). The van der Waals surface area contributed by atoms with E-state index in [-0.39, 0.29) is 12.1 Å². The summed E-state index contributed by atoms with van der Waals surface area (Å²) in [5.74, 6) is -3.10. The summed E-state index contributed by atoms with van der Waals surface area (Å²) in [6.07, 6.45) is -0.538. The number of benzene rings is 2. The Bertz CT molecular complexity index is 690. The van der Waals surface area contributed by atoms with Crippen LogP contribution in [0.1, 0.15) is 11.1 Å². The lowest BCUT2D eigenvalue weighted by atomic mass is 10.1. The van der Waals surface area contributed by atoms with Gasteiger partial charge in [0.2, 0.25) is 0 Å². The van der Waals surface area contributed by atoms with Crippen LogP contribution in [-0.4, -0.2) is 13.2 Å². The maximum absolute atomic E-state index is 13.5. The first-order valence-electron chi connectivity index (χ1n) is 6.78. The second kappa shape index (κ2) is 7.53. The first kappa shape index (κ1) is 16.7. The largest absolute Gasteiger partial charge is 0.453 e. The van der Waals surface area contributed by atoms with Crippen LogP contribution in [-0.2, 0) is 17.8 Å². The molecule has 0 fully saturated rings. The molecule has 7 heteroatoms. The Morgan fingerprint density at radius 2 is 1.65 bits per heavy atom. The van der Waals surface area contributed by atoms with E-state index in [0.29, 0.717) is 12.2 Å². The van der Waals surface area contributed by atoms with Gasteiger partial charge in [-0.1, -0.05) is 12.1 Å². The van der Waals surface area contributed by atoms with Crippen LogP contribution in [0, 0.1) is 17.5 Å². The predicted octanol–water partition coefficient (Wildman–Crippen LogP) is 3.57. The molecule has 0 saturated heterocycles. The van der Waals surface area contributed by atoms with Gasteiger partial charge in [-0.05, 0) is 29.8 Å². The van der Waals surface area contributed by atoms with Gasteiger partial charge in [0.15, 0.2) is 11.6 Å². The number of hydrogen-bond donors (Lipinski definition) is 2. The Labute approximate surface area is 131 Å². The van der Waals surface area contributed by atoms with Crippen molar-refractivity contribution in [1.29, 1.82) is 0 Å². The lowest BCUT2D eigenvalue weighted by molar-refractivity contribution is 0.170. The third kappa shape index (κ3) is 4.38. The van der Waals surface area contributed by atoms with Crippen molar-refractivity contribution in [2.24, 2.45) is 0 Å². The first-order valence-corrected chi connectivity index (χ1v) is 6.78. The van der Waals surface area contributed by atoms with Crippen LogP contribution in [0.3, 0.4) is 0 Å². The van der Waals surface area contributed by atoms with Crippen molar-refractivity contribution < 1.29 is 22.7 Å². The molecule has 0 atom stereocenters. The van der Waals surface area contributed by atoms with Crippen molar-refractivity contribution in [2.45, 2.75) is 13.1 Å². The summed E-state index contributed by atoms with van der Waals surface area (Å²) in [4.78, 5) is 11.0. The Balaban J connectivity index is 1.97. The highest BCUT2D eigenvalue weighted by Gasteiger charge is 2.13. The van der Waals surface area contributed by atoms with Gasteiger partial charge in [0.25, 0.3) is 0 Å². The maximum atomic E-state index is 13.5. The molecule has 2 aromatic rings. The van der Waals surface area contributed by atoms with E-state index in [2.05, 4.69) is 15.4 Å². The number of halogens is 3. The van der Waals surface area contributed by atoms with Crippen LogP contribution < -0.4 is 10.6 Å². The molecule has 0 aliphatic carbocycles. The van der Waals surface area contributed by atoms with Gasteiger partial charge in [-0.15, -0.1) is 0 Å². The molecule has 2 N–H and O–H groups in total. The zero-order valence-electron chi connectivity index (χ0n) is 12.3. The van der Waals surface area contributed by atoms with Crippen molar-refractivity contribution >= 4 is 11.8 Å². The van der Waals surface area contributed by atoms with Crippen LogP contribution in [0.4, 0.5) is 23.7 Å². The van der Waals surface area contributed by atoms with Crippen molar-refractivity contribution in [3.8, 4) is 0 Å². The van der Waals surface area contributed by atoms with Gasteiger partial charge in [0.1, 0.15) is 5.82 Å². The normalized spacial score (nSPS) is 10.3. The number of nitrogens with one attached hydrogen (secondary N) is 2. The van der Waals surface area contributed by atoms with E-state index < -0.39 is 23.5 Å². The summed E-state index contributed by atoms with van der Waals surface area (Å²) in [7, 11) is 1.27. The molecule has 23 heavy (non-hydrogen) atoms. The predicted molar refractivity (Wildman–Crippen MR) is 79.3 cm³/mol. The van der Waals surface area contributed by atoms with Crippen molar-refractivity contribution in [3.63, 3.8) is 0 Å². The van der Waals surface area contributed by atoms with E-state index in [9.17, 15) is 18.0 Å². The standard InChI is InChI=1S/C16H15F3N2O2/c1-23-16(22)21-8-10-2-4-11(5-3-10)20-9-12-13(17)6-7-14(18)15(12)19/h2-7,20H,8-9H2,1H3,(H,21,22). The third-order valence-electron chi connectivity index (χ3n) is 3.18. The molecular formula is C16H15F3N2O2. The number of amides is 1. The number of anilines is 1. The molecule has 1 amide bonds. The molecule has 0 bridgehead atoms. The molecule has 0 aliphatic rings. The van der Waals surface area contributed by atoms with E-state index in [4.69, 9.17) is 0 Å². The van der Waals surface area contributed by atoms with Crippen LogP contribution in [0.15, 0.2) is 36.4 Å². The van der Waals surface area contributed by atoms with Gasteiger partial charge in [-0.3, -0.25) is 0 Å². The fourth-order valence-electron chi connectivity index (χ4n) is 1.91. The highest BCUT2D eigenvalue weighted by atomic mass is 19.2. The molecule has 0 aromatic heterocycles. The topological polar surface area (TPSA) is 50.4 Å². The minimum atomic E-state index is -1.20. The number of alkyl carbamates (subject to hydrolysis) is 1. The van der Waals surface area contributed by atoms with Crippen LogP contribution in [0.25, 0.3) is 0 Å². The van der Waals surface area contributed by atoms with Crippen molar-refractivity contribution in [1.82, 2.24) is 5.32 Å². The second-order valence-corrected chi connectivity index (χ2v) is 4.72. The van der Waals surface area contributed by atoms with Crippen LogP contribution >= 0.6 is 0 Å². The number of carbonyl (C=O) groups excluding carboxylic acids is 1. The highest BCUT2D eigenvalue weighted by Crippen LogP contribution is 2.18. The first-order chi connectivity index (χ1) is 11.0.